The maximum Gasteiger partial charge on any atom is 0.455 e. The lowest BCUT2D eigenvalue weighted by atomic mass is 9.86. The van der Waals surface area contributed by atoms with E-state index in [4.69, 9.17) is 10.0 Å². The van der Waals surface area contributed by atoms with Crippen LogP contribution in [0.5, 0.6) is 0 Å². The number of hydrogen-bond acceptors (Lipinski definition) is 2. The molecule has 0 aromatic rings. The summed E-state index contributed by atoms with van der Waals surface area (Å²) >= 11 is 0. The molecule has 0 aromatic carbocycles. The first-order valence-electron chi connectivity index (χ1n) is 3.07. The predicted octanol–water partition coefficient (Wildman–Crippen LogP) is 1.18. The van der Waals surface area contributed by atoms with Gasteiger partial charge >= 0.3 is 7.12 Å². The van der Waals surface area contributed by atoms with Crippen molar-refractivity contribution in [3.63, 3.8) is 0 Å². The third kappa shape index (κ3) is 12.6. The maximum absolute atomic E-state index is 8.37. The van der Waals surface area contributed by atoms with Crippen molar-refractivity contribution in [2.45, 2.75) is 6.32 Å². The van der Waals surface area contributed by atoms with Crippen LogP contribution in [0.3, 0.4) is 0 Å². The molecular weight excluding hydrogens is 162 g/mol. The lowest BCUT2D eigenvalue weighted by Gasteiger charge is -1.86. The van der Waals surface area contributed by atoms with Crippen molar-refractivity contribution in [2.75, 3.05) is 0 Å². The molecule has 0 amide bonds. The number of hydrogen-bond donors (Lipinski definition) is 2. The summed E-state index contributed by atoms with van der Waals surface area (Å²) in [5, 5.41) is 16.7. The molecule has 0 heterocycles. The van der Waals surface area contributed by atoms with Crippen molar-refractivity contribution in [3.05, 3.63) is 37.0 Å². The van der Waals surface area contributed by atoms with Gasteiger partial charge in [0.15, 0.2) is 0 Å². The summed E-state index contributed by atoms with van der Waals surface area (Å²) in [6, 6.07) is 0. The zero-order valence-electron chi connectivity index (χ0n) is 6.18. The Bertz CT molecular complexity index is 143. The quantitative estimate of drug-likeness (QED) is 0.496. The van der Waals surface area contributed by atoms with Gasteiger partial charge in [-0.2, -0.15) is 0 Å². The smallest absolute Gasteiger partial charge is 0.427 e. The molecule has 11 heavy (non-hydrogen) atoms. The first-order chi connectivity index (χ1) is 4.77. The van der Waals surface area contributed by atoms with Crippen molar-refractivity contribution >= 4 is 19.5 Å². The van der Waals surface area contributed by atoms with Gasteiger partial charge in [-0.25, -0.2) is 0 Å². The van der Waals surface area contributed by atoms with Gasteiger partial charge in [0.1, 0.15) is 0 Å². The average Bonchev–Trinajstić information content (AvgIpc) is 1.87. The molecule has 0 atom stereocenters. The fraction of sp³-hybridized carbons (Fsp3) is 0.143. The Kier molecular flexibility index (Phi) is 11.3. The van der Waals surface area contributed by atoms with Crippen LogP contribution in [0.4, 0.5) is 0 Å². The van der Waals surface area contributed by atoms with E-state index in [0.717, 1.165) is 0 Å². The van der Waals surface area contributed by atoms with Crippen LogP contribution in [0.1, 0.15) is 0 Å². The fourth-order valence-corrected chi connectivity index (χ4v) is 0.422. The third-order valence-electron chi connectivity index (χ3n) is 0.841. The van der Waals surface area contributed by atoms with E-state index >= 15 is 0 Å². The average molecular weight is 174 g/mol. The molecule has 62 valence electrons. The van der Waals surface area contributed by atoms with Crippen molar-refractivity contribution in [2.24, 2.45) is 0 Å². The molecule has 0 radical (unpaired) electrons. The van der Waals surface area contributed by atoms with E-state index < -0.39 is 7.12 Å². The van der Waals surface area contributed by atoms with E-state index in [-0.39, 0.29) is 18.7 Å². The van der Waals surface area contributed by atoms with Gasteiger partial charge in [-0.3, -0.25) is 0 Å². The summed E-state index contributed by atoms with van der Waals surface area (Å²) in [6.07, 6.45) is 8.86. The normalized spacial score (nSPS) is 10.0. The minimum atomic E-state index is -1.24. The van der Waals surface area contributed by atoms with E-state index in [1.54, 1.807) is 30.4 Å². The number of rotatable bonds is 4. The van der Waals surface area contributed by atoms with E-state index in [2.05, 4.69) is 6.58 Å². The van der Waals surface area contributed by atoms with Gasteiger partial charge in [0.2, 0.25) is 0 Å². The van der Waals surface area contributed by atoms with Crippen LogP contribution < -0.4 is 0 Å². The maximum atomic E-state index is 8.37. The molecule has 2 nitrogen and oxygen atoms in total. The Morgan fingerprint density at radius 3 is 2.27 bits per heavy atom. The van der Waals surface area contributed by atoms with Crippen LogP contribution in [0, 0.1) is 0 Å². The zero-order valence-corrected chi connectivity index (χ0v) is 7.00. The van der Waals surface area contributed by atoms with Gasteiger partial charge in [-0.1, -0.05) is 37.0 Å². The third-order valence-corrected chi connectivity index (χ3v) is 0.841. The second-order valence-corrected chi connectivity index (χ2v) is 1.77. The van der Waals surface area contributed by atoms with Crippen LogP contribution in [-0.4, -0.2) is 17.2 Å². The first-order valence-corrected chi connectivity index (χ1v) is 3.07. The van der Waals surface area contributed by atoms with E-state index in [1.165, 1.54) is 0 Å². The minimum Gasteiger partial charge on any atom is -0.427 e. The number of allylic oxidation sites excluding steroid dienone is 5. The lowest BCUT2D eigenvalue weighted by Crippen LogP contribution is -2.07. The SMILES string of the molecule is C=CC=CC=CCB(O)O.Cl. The Morgan fingerprint density at radius 1 is 1.18 bits per heavy atom. The minimum absolute atomic E-state index is 0. The Balaban J connectivity index is 0. The Hall–Kier alpha value is -0.505. The van der Waals surface area contributed by atoms with Crippen LogP contribution in [-0.2, 0) is 0 Å². The van der Waals surface area contributed by atoms with Gasteiger partial charge in [-0.15, -0.1) is 12.4 Å². The molecule has 4 heteroatoms. The molecule has 0 aliphatic heterocycles. The van der Waals surface area contributed by atoms with Crippen LogP contribution >= 0.6 is 12.4 Å². The summed E-state index contributed by atoms with van der Waals surface area (Å²) in [6.45, 7) is 3.47. The molecule has 0 aliphatic rings. The number of halogens is 1. The summed E-state index contributed by atoms with van der Waals surface area (Å²) in [5.41, 5.74) is 0. The molecule has 0 rings (SSSR count). The van der Waals surface area contributed by atoms with Crippen LogP contribution in [0.15, 0.2) is 37.0 Å². The highest BCUT2D eigenvalue weighted by atomic mass is 35.5. The monoisotopic (exact) mass is 174 g/mol. The predicted molar refractivity (Wildman–Crippen MR) is 50.7 cm³/mol. The molecule has 0 aliphatic carbocycles. The largest absolute Gasteiger partial charge is 0.455 e. The lowest BCUT2D eigenvalue weighted by molar-refractivity contribution is 0.411. The standard InChI is InChI=1S/C7H11BO2.ClH/c1-2-3-4-5-6-7-8(9)10;/h2-6,9-10H,1,7H2;1H. The second kappa shape index (κ2) is 9.49. The van der Waals surface area contributed by atoms with E-state index in [1.807, 2.05) is 0 Å². The van der Waals surface area contributed by atoms with E-state index in [9.17, 15) is 0 Å². The summed E-state index contributed by atoms with van der Waals surface area (Å²) < 4.78 is 0. The topological polar surface area (TPSA) is 40.5 Å². The van der Waals surface area contributed by atoms with Crippen molar-refractivity contribution < 1.29 is 10.0 Å². The molecule has 0 bridgehead atoms. The van der Waals surface area contributed by atoms with Gasteiger partial charge < -0.3 is 10.0 Å². The van der Waals surface area contributed by atoms with E-state index in [0.29, 0.717) is 0 Å². The first kappa shape index (κ1) is 13.1. The van der Waals surface area contributed by atoms with Gasteiger partial charge in [0.25, 0.3) is 0 Å². The summed E-state index contributed by atoms with van der Waals surface area (Å²) in [7, 11) is -1.24. The van der Waals surface area contributed by atoms with Gasteiger partial charge in [0, 0.05) is 6.32 Å². The molecule has 0 unspecified atom stereocenters. The molecule has 0 spiro atoms. The summed E-state index contributed by atoms with van der Waals surface area (Å²) in [5.74, 6) is 0. The van der Waals surface area contributed by atoms with Crippen molar-refractivity contribution in [1.82, 2.24) is 0 Å². The molecular formula is C7H12BClO2. The van der Waals surface area contributed by atoms with Gasteiger partial charge in [0.05, 0.1) is 0 Å². The Morgan fingerprint density at radius 2 is 1.82 bits per heavy atom. The summed E-state index contributed by atoms with van der Waals surface area (Å²) in [4.78, 5) is 0. The van der Waals surface area contributed by atoms with Crippen molar-refractivity contribution in [3.8, 4) is 0 Å². The Labute approximate surface area is 73.5 Å². The fourth-order valence-electron chi connectivity index (χ4n) is 0.422. The molecule has 0 aromatic heterocycles. The van der Waals surface area contributed by atoms with Crippen LogP contribution in [0.2, 0.25) is 6.32 Å². The van der Waals surface area contributed by atoms with Crippen LogP contribution in [0.25, 0.3) is 0 Å². The van der Waals surface area contributed by atoms with Gasteiger partial charge in [-0.05, 0) is 0 Å². The molecule has 2 N–H and O–H groups in total. The van der Waals surface area contributed by atoms with Crippen molar-refractivity contribution in [1.29, 1.82) is 0 Å². The second-order valence-electron chi connectivity index (χ2n) is 1.77. The highest BCUT2D eigenvalue weighted by molar-refractivity contribution is 6.41. The zero-order chi connectivity index (χ0) is 7.82. The molecule has 0 saturated carbocycles. The highest BCUT2D eigenvalue weighted by Gasteiger charge is 1.99. The molecule has 0 fully saturated rings. The highest BCUT2D eigenvalue weighted by Crippen LogP contribution is 1.87. The molecule has 0 saturated heterocycles.